The van der Waals surface area contributed by atoms with Crippen molar-refractivity contribution in [3.8, 4) is 0 Å². The third-order valence-electron chi connectivity index (χ3n) is 2.63. The van der Waals surface area contributed by atoms with Crippen LogP contribution in [0, 0.1) is 5.92 Å². The molecule has 1 aliphatic carbocycles. The van der Waals surface area contributed by atoms with Gasteiger partial charge in [0.1, 0.15) is 0 Å². The fraction of sp³-hybridized carbons (Fsp3) is 0.700. The highest BCUT2D eigenvalue weighted by molar-refractivity contribution is 4.99. The molecular formula is C10H16N2O. The second kappa shape index (κ2) is 3.50. The maximum atomic E-state index is 9.62. The Morgan fingerprint density at radius 2 is 2.46 bits per heavy atom. The Morgan fingerprint density at radius 1 is 1.69 bits per heavy atom. The van der Waals surface area contributed by atoms with Crippen LogP contribution >= 0.6 is 0 Å². The SMILES string of the molecule is Cn1ccc(CCC(O)C2CC2)n1. The van der Waals surface area contributed by atoms with Gasteiger partial charge < -0.3 is 5.11 Å². The van der Waals surface area contributed by atoms with E-state index in [0.29, 0.717) is 5.92 Å². The van der Waals surface area contributed by atoms with E-state index in [0.717, 1.165) is 18.5 Å². The Morgan fingerprint density at radius 3 is 3.00 bits per heavy atom. The maximum Gasteiger partial charge on any atom is 0.0625 e. The number of aromatic nitrogens is 2. The molecule has 1 atom stereocenters. The summed E-state index contributed by atoms with van der Waals surface area (Å²) in [5.74, 6) is 0.587. The lowest BCUT2D eigenvalue weighted by molar-refractivity contribution is 0.141. The fourth-order valence-electron chi connectivity index (χ4n) is 1.61. The normalized spacial score (nSPS) is 18.9. The van der Waals surface area contributed by atoms with Crippen LogP contribution in [0.1, 0.15) is 25.0 Å². The van der Waals surface area contributed by atoms with Crippen LogP contribution in [0.4, 0.5) is 0 Å². The molecule has 0 aliphatic heterocycles. The zero-order valence-corrected chi connectivity index (χ0v) is 7.98. The smallest absolute Gasteiger partial charge is 0.0625 e. The molecule has 1 aromatic heterocycles. The molecule has 1 aliphatic rings. The molecule has 0 aromatic carbocycles. The second-order valence-corrected chi connectivity index (χ2v) is 3.92. The van der Waals surface area contributed by atoms with Crippen molar-refractivity contribution >= 4 is 0 Å². The summed E-state index contributed by atoms with van der Waals surface area (Å²) in [6.45, 7) is 0. The van der Waals surface area contributed by atoms with Crippen molar-refractivity contribution in [1.29, 1.82) is 0 Å². The second-order valence-electron chi connectivity index (χ2n) is 3.92. The van der Waals surface area contributed by atoms with Crippen LogP contribution in [0.15, 0.2) is 12.3 Å². The predicted octanol–water partition coefficient (Wildman–Crippen LogP) is 1.12. The zero-order chi connectivity index (χ0) is 9.26. The summed E-state index contributed by atoms with van der Waals surface area (Å²) in [4.78, 5) is 0. The summed E-state index contributed by atoms with van der Waals surface area (Å²) in [6.07, 6.45) is 6.04. The summed E-state index contributed by atoms with van der Waals surface area (Å²) in [5.41, 5.74) is 1.09. The molecule has 1 saturated carbocycles. The van der Waals surface area contributed by atoms with Crippen molar-refractivity contribution in [2.45, 2.75) is 31.8 Å². The highest BCUT2D eigenvalue weighted by atomic mass is 16.3. The number of aliphatic hydroxyl groups excluding tert-OH is 1. The van der Waals surface area contributed by atoms with E-state index in [-0.39, 0.29) is 6.10 Å². The molecule has 3 nitrogen and oxygen atoms in total. The number of hydrogen-bond acceptors (Lipinski definition) is 2. The summed E-state index contributed by atoms with van der Waals surface area (Å²) in [7, 11) is 1.92. The molecule has 3 heteroatoms. The average molecular weight is 180 g/mol. The summed E-state index contributed by atoms with van der Waals surface area (Å²) >= 11 is 0. The average Bonchev–Trinajstić information content (AvgIpc) is 2.87. The Bertz CT molecular complexity index is 278. The molecule has 1 fully saturated rings. The van der Waals surface area contributed by atoms with Gasteiger partial charge in [-0.1, -0.05) is 0 Å². The van der Waals surface area contributed by atoms with Crippen LogP contribution in [-0.2, 0) is 13.5 Å². The molecule has 72 valence electrons. The molecule has 1 unspecified atom stereocenters. The molecule has 0 amide bonds. The van der Waals surface area contributed by atoms with Crippen LogP contribution in [0.5, 0.6) is 0 Å². The van der Waals surface area contributed by atoms with Gasteiger partial charge in [-0.3, -0.25) is 4.68 Å². The van der Waals surface area contributed by atoms with E-state index < -0.39 is 0 Å². The first-order valence-corrected chi connectivity index (χ1v) is 4.92. The molecule has 13 heavy (non-hydrogen) atoms. The Kier molecular flexibility index (Phi) is 2.36. The standard InChI is InChI=1S/C10H16N2O/c1-12-7-6-9(11-12)4-5-10(13)8-2-3-8/h6-8,10,13H,2-5H2,1H3. The molecule has 0 bridgehead atoms. The van der Waals surface area contributed by atoms with Crippen molar-refractivity contribution in [3.05, 3.63) is 18.0 Å². The van der Waals surface area contributed by atoms with Gasteiger partial charge >= 0.3 is 0 Å². The minimum Gasteiger partial charge on any atom is -0.393 e. The van der Waals surface area contributed by atoms with Crippen molar-refractivity contribution in [2.75, 3.05) is 0 Å². The topological polar surface area (TPSA) is 38.0 Å². The number of rotatable bonds is 4. The van der Waals surface area contributed by atoms with Crippen LogP contribution < -0.4 is 0 Å². The number of nitrogens with zero attached hydrogens (tertiary/aromatic N) is 2. The Balaban J connectivity index is 1.78. The Labute approximate surface area is 78.4 Å². The predicted molar refractivity (Wildman–Crippen MR) is 50.3 cm³/mol. The molecule has 1 aromatic rings. The van der Waals surface area contributed by atoms with E-state index in [1.165, 1.54) is 12.8 Å². The minimum atomic E-state index is -0.0954. The van der Waals surface area contributed by atoms with Gasteiger partial charge in [0.25, 0.3) is 0 Å². The number of aryl methyl sites for hydroxylation is 2. The quantitative estimate of drug-likeness (QED) is 0.754. The third-order valence-corrected chi connectivity index (χ3v) is 2.63. The van der Waals surface area contributed by atoms with Gasteiger partial charge in [0, 0.05) is 13.2 Å². The van der Waals surface area contributed by atoms with E-state index in [9.17, 15) is 5.11 Å². The van der Waals surface area contributed by atoms with Crippen molar-refractivity contribution in [3.63, 3.8) is 0 Å². The van der Waals surface area contributed by atoms with E-state index in [1.807, 2.05) is 19.3 Å². The van der Waals surface area contributed by atoms with Crippen LogP contribution in [0.3, 0.4) is 0 Å². The molecule has 0 saturated heterocycles. The number of aliphatic hydroxyl groups is 1. The highest BCUT2D eigenvalue weighted by Gasteiger charge is 2.29. The minimum absolute atomic E-state index is 0.0954. The van der Waals surface area contributed by atoms with Crippen LogP contribution in [0.25, 0.3) is 0 Å². The van der Waals surface area contributed by atoms with Crippen molar-refractivity contribution in [2.24, 2.45) is 13.0 Å². The zero-order valence-electron chi connectivity index (χ0n) is 7.98. The first-order valence-electron chi connectivity index (χ1n) is 4.92. The highest BCUT2D eigenvalue weighted by Crippen LogP contribution is 2.34. The molecule has 1 heterocycles. The monoisotopic (exact) mass is 180 g/mol. The summed E-state index contributed by atoms with van der Waals surface area (Å²) in [6, 6.07) is 2.01. The lowest BCUT2D eigenvalue weighted by Crippen LogP contribution is -2.10. The van der Waals surface area contributed by atoms with Gasteiger partial charge in [-0.05, 0) is 37.7 Å². The molecule has 1 N–H and O–H groups in total. The maximum absolute atomic E-state index is 9.62. The van der Waals surface area contributed by atoms with E-state index in [4.69, 9.17) is 0 Å². The van der Waals surface area contributed by atoms with Crippen LogP contribution in [-0.4, -0.2) is 21.0 Å². The van der Waals surface area contributed by atoms with Gasteiger partial charge in [0.15, 0.2) is 0 Å². The molecular weight excluding hydrogens is 164 g/mol. The summed E-state index contributed by atoms with van der Waals surface area (Å²) in [5, 5.41) is 13.9. The van der Waals surface area contributed by atoms with Gasteiger partial charge in [-0.2, -0.15) is 5.10 Å². The van der Waals surface area contributed by atoms with Crippen LogP contribution in [0.2, 0.25) is 0 Å². The molecule has 0 radical (unpaired) electrons. The first-order chi connectivity index (χ1) is 6.25. The molecule has 0 spiro atoms. The van der Waals surface area contributed by atoms with Gasteiger partial charge in [-0.15, -0.1) is 0 Å². The van der Waals surface area contributed by atoms with E-state index in [1.54, 1.807) is 4.68 Å². The van der Waals surface area contributed by atoms with Crippen molar-refractivity contribution < 1.29 is 5.11 Å². The fourth-order valence-corrected chi connectivity index (χ4v) is 1.61. The lowest BCUT2D eigenvalue weighted by atomic mass is 10.1. The number of hydrogen-bond donors (Lipinski definition) is 1. The van der Waals surface area contributed by atoms with Gasteiger partial charge in [-0.25, -0.2) is 0 Å². The lowest BCUT2D eigenvalue weighted by Gasteiger charge is -2.06. The van der Waals surface area contributed by atoms with Gasteiger partial charge in [0.2, 0.25) is 0 Å². The third kappa shape index (κ3) is 2.31. The van der Waals surface area contributed by atoms with Gasteiger partial charge in [0.05, 0.1) is 11.8 Å². The van der Waals surface area contributed by atoms with Crippen molar-refractivity contribution in [1.82, 2.24) is 9.78 Å². The Hall–Kier alpha value is -0.830. The van der Waals surface area contributed by atoms with E-state index in [2.05, 4.69) is 5.10 Å². The summed E-state index contributed by atoms with van der Waals surface area (Å²) < 4.78 is 1.80. The van der Waals surface area contributed by atoms with E-state index >= 15 is 0 Å². The largest absolute Gasteiger partial charge is 0.393 e. The first kappa shape index (κ1) is 8.75. The molecule has 2 rings (SSSR count).